The second kappa shape index (κ2) is 12.4. The predicted octanol–water partition coefficient (Wildman–Crippen LogP) is 1.45. The first-order valence-electron chi connectivity index (χ1n) is 5.47. The minimum atomic E-state index is -0.956. The number of carbonyl (C=O) groups excluding carboxylic acids is 2. The SMILES string of the molecule is CCOC(=O)N=NC(=O)OCC.C[C@@H](CO)C(=O)O. The van der Waals surface area contributed by atoms with Crippen molar-refractivity contribution in [2.45, 2.75) is 20.8 Å². The molecule has 0 heterocycles. The van der Waals surface area contributed by atoms with E-state index in [1.165, 1.54) is 6.92 Å². The Balaban J connectivity index is 0. The van der Waals surface area contributed by atoms with Crippen molar-refractivity contribution >= 4 is 18.2 Å². The molecule has 19 heavy (non-hydrogen) atoms. The molecule has 0 unspecified atom stereocenters. The van der Waals surface area contributed by atoms with Crippen molar-refractivity contribution < 1.29 is 34.1 Å². The number of hydrogen-bond acceptors (Lipinski definition) is 6. The summed E-state index contributed by atoms with van der Waals surface area (Å²) < 4.78 is 8.73. The van der Waals surface area contributed by atoms with Crippen LogP contribution in [0.25, 0.3) is 0 Å². The molecule has 0 aliphatic carbocycles. The van der Waals surface area contributed by atoms with Crippen LogP contribution in [-0.2, 0) is 14.3 Å². The first-order valence-corrected chi connectivity index (χ1v) is 5.47. The normalized spacial score (nSPS) is 11.2. The second-order valence-corrected chi connectivity index (χ2v) is 3.02. The van der Waals surface area contributed by atoms with Crippen molar-refractivity contribution in [1.29, 1.82) is 0 Å². The number of carboxylic acids is 1. The fourth-order valence-electron chi connectivity index (χ4n) is 0.464. The molecule has 0 aliphatic rings. The Morgan fingerprint density at radius 1 is 1.05 bits per heavy atom. The number of amides is 2. The van der Waals surface area contributed by atoms with Gasteiger partial charge in [0.1, 0.15) is 0 Å². The second-order valence-electron chi connectivity index (χ2n) is 3.02. The van der Waals surface area contributed by atoms with E-state index in [1.807, 2.05) is 0 Å². The van der Waals surface area contributed by atoms with Gasteiger partial charge in [0.05, 0.1) is 25.7 Å². The van der Waals surface area contributed by atoms with Crippen molar-refractivity contribution in [3.63, 3.8) is 0 Å². The molecule has 0 spiro atoms. The zero-order valence-electron chi connectivity index (χ0n) is 11.0. The fraction of sp³-hybridized carbons (Fsp3) is 0.700. The summed E-state index contributed by atoms with van der Waals surface area (Å²) in [5.41, 5.74) is 0. The molecule has 0 rings (SSSR count). The van der Waals surface area contributed by atoms with Crippen LogP contribution >= 0.6 is 0 Å². The molecule has 0 aromatic heterocycles. The first-order chi connectivity index (χ1) is 8.88. The highest BCUT2D eigenvalue weighted by Crippen LogP contribution is 1.89. The van der Waals surface area contributed by atoms with Crippen LogP contribution in [0.5, 0.6) is 0 Å². The van der Waals surface area contributed by atoms with Crippen LogP contribution in [0, 0.1) is 5.92 Å². The molecule has 0 fully saturated rings. The number of hydrogen-bond donors (Lipinski definition) is 2. The summed E-state index contributed by atoms with van der Waals surface area (Å²) in [6, 6.07) is 0. The van der Waals surface area contributed by atoms with Crippen molar-refractivity contribution in [2.75, 3.05) is 19.8 Å². The van der Waals surface area contributed by atoms with Crippen molar-refractivity contribution in [2.24, 2.45) is 16.1 Å². The Morgan fingerprint density at radius 2 is 1.42 bits per heavy atom. The number of carbonyl (C=O) groups is 3. The Kier molecular flexibility index (Phi) is 12.6. The average Bonchev–Trinajstić information content (AvgIpc) is 2.36. The van der Waals surface area contributed by atoms with Crippen LogP contribution in [0.4, 0.5) is 9.59 Å². The minimum Gasteiger partial charge on any atom is -0.481 e. The Labute approximate surface area is 110 Å². The van der Waals surface area contributed by atoms with Gasteiger partial charge < -0.3 is 19.7 Å². The number of nitrogens with zero attached hydrogens (tertiary/aromatic N) is 2. The van der Waals surface area contributed by atoms with E-state index in [1.54, 1.807) is 13.8 Å². The van der Waals surface area contributed by atoms with E-state index in [-0.39, 0.29) is 19.8 Å². The van der Waals surface area contributed by atoms with Gasteiger partial charge in [0.25, 0.3) is 0 Å². The summed E-state index contributed by atoms with van der Waals surface area (Å²) >= 11 is 0. The molecule has 0 aliphatic heterocycles. The van der Waals surface area contributed by atoms with Gasteiger partial charge in [-0.05, 0) is 20.8 Å². The Bertz CT molecular complexity index is 297. The third-order valence-corrected chi connectivity index (χ3v) is 1.44. The van der Waals surface area contributed by atoms with E-state index in [0.29, 0.717) is 0 Å². The van der Waals surface area contributed by atoms with Crippen LogP contribution in [0.2, 0.25) is 0 Å². The van der Waals surface area contributed by atoms with Crippen LogP contribution in [0.1, 0.15) is 20.8 Å². The van der Waals surface area contributed by atoms with Gasteiger partial charge in [-0.2, -0.15) is 0 Å². The van der Waals surface area contributed by atoms with E-state index in [2.05, 4.69) is 19.7 Å². The maximum absolute atomic E-state index is 10.5. The Morgan fingerprint density at radius 3 is 1.58 bits per heavy atom. The molecule has 1 atom stereocenters. The molecule has 2 N–H and O–H groups in total. The lowest BCUT2D eigenvalue weighted by Crippen LogP contribution is -2.12. The van der Waals surface area contributed by atoms with Crippen molar-refractivity contribution in [1.82, 2.24) is 0 Å². The highest BCUT2D eigenvalue weighted by molar-refractivity contribution is 5.73. The number of aliphatic hydroxyl groups is 1. The van der Waals surface area contributed by atoms with Gasteiger partial charge in [-0.1, -0.05) is 10.2 Å². The minimum absolute atomic E-state index is 0.195. The monoisotopic (exact) mass is 278 g/mol. The van der Waals surface area contributed by atoms with Gasteiger partial charge in [0.15, 0.2) is 0 Å². The maximum atomic E-state index is 10.5. The number of azo groups is 1. The molecular formula is C10H18N2O7. The molecule has 0 radical (unpaired) electrons. The predicted molar refractivity (Wildman–Crippen MR) is 62.8 cm³/mol. The smallest absolute Gasteiger partial charge is 0.452 e. The molecule has 9 heteroatoms. The molecule has 0 saturated heterocycles. The molecule has 9 nitrogen and oxygen atoms in total. The zero-order chi connectivity index (χ0) is 15.3. The van der Waals surface area contributed by atoms with Gasteiger partial charge in [0, 0.05) is 0 Å². The van der Waals surface area contributed by atoms with E-state index in [4.69, 9.17) is 10.2 Å². The standard InChI is InChI=1S/C6H10N2O4.C4H8O3/c1-3-11-5(9)7-8-6(10)12-4-2;1-3(2-5)4(6)7/h3-4H2,1-2H3;3,5H,2H2,1H3,(H,6,7)/t;3-/m.0/s1. The summed E-state index contributed by atoms with van der Waals surface area (Å²) in [5, 5.41) is 22.0. The number of aliphatic hydroxyl groups excluding tert-OH is 1. The average molecular weight is 278 g/mol. The van der Waals surface area contributed by atoms with Crippen LogP contribution in [0.15, 0.2) is 10.2 Å². The summed E-state index contributed by atoms with van der Waals surface area (Å²) in [7, 11) is 0. The van der Waals surface area contributed by atoms with Gasteiger partial charge in [-0.15, -0.1) is 0 Å². The van der Waals surface area contributed by atoms with Gasteiger partial charge in [0.2, 0.25) is 0 Å². The van der Waals surface area contributed by atoms with Gasteiger partial charge >= 0.3 is 18.2 Å². The highest BCUT2D eigenvalue weighted by atomic mass is 16.6. The molecule has 0 saturated carbocycles. The Hall–Kier alpha value is -2.03. The lowest BCUT2D eigenvalue weighted by atomic mass is 10.2. The zero-order valence-corrected chi connectivity index (χ0v) is 11.0. The van der Waals surface area contributed by atoms with Gasteiger partial charge in [-0.25, -0.2) is 9.59 Å². The summed E-state index contributed by atoms with van der Waals surface area (Å²) in [4.78, 5) is 30.7. The third kappa shape index (κ3) is 13.9. The van der Waals surface area contributed by atoms with Crippen molar-refractivity contribution in [3.05, 3.63) is 0 Å². The van der Waals surface area contributed by atoms with Crippen LogP contribution < -0.4 is 0 Å². The van der Waals surface area contributed by atoms with E-state index >= 15 is 0 Å². The van der Waals surface area contributed by atoms with Crippen molar-refractivity contribution in [3.8, 4) is 0 Å². The van der Waals surface area contributed by atoms with E-state index in [0.717, 1.165) is 0 Å². The number of rotatable bonds is 4. The fourth-order valence-corrected chi connectivity index (χ4v) is 0.464. The molecule has 0 aromatic carbocycles. The third-order valence-electron chi connectivity index (χ3n) is 1.44. The lowest BCUT2D eigenvalue weighted by Gasteiger charge is -1.95. The summed E-state index contributed by atoms with van der Waals surface area (Å²) in [5.74, 6) is -1.58. The summed E-state index contributed by atoms with van der Waals surface area (Å²) in [6.07, 6.45) is -1.80. The maximum Gasteiger partial charge on any atom is 0.452 e. The first kappa shape index (κ1) is 19.3. The van der Waals surface area contributed by atoms with Crippen LogP contribution in [0.3, 0.4) is 0 Å². The number of ether oxygens (including phenoxy) is 2. The number of carboxylic acid groups (broad SMARTS) is 1. The molecular weight excluding hydrogens is 260 g/mol. The highest BCUT2D eigenvalue weighted by Gasteiger charge is 2.06. The van der Waals surface area contributed by atoms with E-state index in [9.17, 15) is 14.4 Å². The largest absolute Gasteiger partial charge is 0.481 e. The topological polar surface area (TPSA) is 135 Å². The molecule has 0 aromatic rings. The quantitative estimate of drug-likeness (QED) is 0.743. The molecule has 2 amide bonds. The van der Waals surface area contributed by atoms with Gasteiger partial charge in [-0.3, -0.25) is 4.79 Å². The molecule has 0 bridgehead atoms. The summed E-state index contributed by atoms with van der Waals surface area (Å²) in [6.45, 7) is 4.80. The van der Waals surface area contributed by atoms with E-state index < -0.39 is 24.1 Å². The lowest BCUT2D eigenvalue weighted by molar-refractivity contribution is -0.142. The van der Waals surface area contributed by atoms with Crippen LogP contribution in [-0.4, -0.2) is 48.2 Å². The number of aliphatic carboxylic acids is 1. The molecule has 110 valence electrons.